The van der Waals surface area contributed by atoms with E-state index in [1.807, 2.05) is 7.05 Å². The van der Waals surface area contributed by atoms with Crippen molar-refractivity contribution in [3.05, 3.63) is 0 Å². The Hall–Kier alpha value is -0.810. The summed E-state index contributed by atoms with van der Waals surface area (Å²) in [7, 11) is 4.14. The first-order valence-corrected chi connectivity index (χ1v) is 4.95. The molecule has 14 heavy (non-hydrogen) atoms. The SMILES string of the molecule is CN1CCC(CN(C)CC(N)=NO)C1. The molecule has 0 aromatic rings. The van der Waals surface area contributed by atoms with Crippen LogP contribution in [0, 0.1) is 5.92 Å². The van der Waals surface area contributed by atoms with Crippen LogP contribution in [0.3, 0.4) is 0 Å². The van der Waals surface area contributed by atoms with E-state index in [-0.39, 0.29) is 5.84 Å². The maximum atomic E-state index is 8.41. The van der Waals surface area contributed by atoms with Crippen molar-refractivity contribution in [1.82, 2.24) is 9.80 Å². The van der Waals surface area contributed by atoms with Gasteiger partial charge in [-0.2, -0.15) is 0 Å². The average Bonchev–Trinajstić information content (AvgIpc) is 2.50. The summed E-state index contributed by atoms with van der Waals surface area (Å²) in [5.74, 6) is 0.996. The summed E-state index contributed by atoms with van der Waals surface area (Å²) in [5.41, 5.74) is 5.42. The van der Waals surface area contributed by atoms with E-state index in [0.29, 0.717) is 6.54 Å². The first-order valence-electron chi connectivity index (χ1n) is 4.95. The Kier molecular flexibility index (Phi) is 4.16. The average molecular weight is 200 g/mol. The molecule has 1 heterocycles. The fraction of sp³-hybridized carbons (Fsp3) is 0.889. The molecule has 0 aromatic carbocycles. The van der Waals surface area contributed by atoms with E-state index in [0.717, 1.165) is 19.0 Å². The van der Waals surface area contributed by atoms with Gasteiger partial charge >= 0.3 is 0 Å². The lowest BCUT2D eigenvalue weighted by molar-refractivity contribution is 0.288. The lowest BCUT2D eigenvalue weighted by Crippen LogP contribution is -2.35. The van der Waals surface area contributed by atoms with Gasteiger partial charge in [0.1, 0.15) is 0 Å². The van der Waals surface area contributed by atoms with E-state index < -0.39 is 0 Å². The van der Waals surface area contributed by atoms with Crippen LogP contribution in [0.2, 0.25) is 0 Å². The van der Waals surface area contributed by atoms with E-state index in [1.54, 1.807) is 0 Å². The number of hydrogen-bond donors (Lipinski definition) is 2. The van der Waals surface area contributed by atoms with Gasteiger partial charge in [0.05, 0.1) is 6.54 Å². The topological polar surface area (TPSA) is 65.1 Å². The van der Waals surface area contributed by atoms with Gasteiger partial charge < -0.3 is 15.8 Å². The molecular weight excluding hydrogens is 180 g/mol. The minimum absolute atomic E-state index is 0.277. The number of nitrogens with two attached hydrogens (primary N) is 1. The molecule has 5 nitrogen and oxygen atoms in total. The predicted molar refractivity (Wildman–Crippen MR) is 56.5 cm³/mol. The molecule has 0 aromatic heterocycles. The standard InChI is InChI=1S/C9H20N4O/c1-12-4-3-8(5-12)6-13(2)7-9(10)11-14/h8,14H,3-7H2,1-2H3,(H2,10,11). The number of oxime groups is 1. The highest BCUT2D eigenvalue weighted by molar-refractivity contribution is 5.81. The van der Waals surface area contributed by atoms with Crippen molar-refractivity contribution in [2.45, 2.75) is 6.42 Å². The molecule has 5 heteroatoms. The minimum Gasteiger partial charge on any atom is -0.409 e. The van der Waals surface area contributed by atoms with Crippen molar-refractivity contribution in [1.29, 1.82) is 0 Å². The van der Waals surface area contributed by atoms with Crippen LogP contribution < -0.4 is 5.73 Å². The number of hydrogen-bond acceptors (Lipinski definition) is 4. The van der Waals surface area contributed by atoms with Crippen molar-refractivity contribution >= 4 is 5.84 Å². The van der Waals surface area contributed by atoms with E-state index >= 15 is 0 Å². The van der Waals surface area contributed by atoms with Crippen LogP contribution >= 0.6 is 0 Å². The lowest BCUT2D eigenvalue weighted by Gasteiger charge is -2.19. The normalized spacial score (nSPS) is 24.8. The predicted octanol–water partition coefficient (Wildman–Crippen LogP) is -0.384. The fourth-order valence-electron chi connectivity index (χ4n) is 1.99. The Morgan fingerprint density at radius 3 is 2.93 bits per heavy atom. The zero-order chi connectivity index (χ0) is 10.6. The minimum atomic E-state index is 0.277. The molecule has 1 aliphatic heterocycles. The van der Waals surface area contributed by atoms with Gasteiger partial charge in [0.2, 0.25) is 0 Å². The van der Waals surface area contributed by atoms with E-state index in [2.05, 4.69) is 22.0 Å². The molecule has 1 saturated heterocycles. The summed E-state index contributed by atoms with van der Waals surface area (Å²) in [6.07, 6.45) is 1.25. The van der Waals surface area contributed by atoms with E-state index in [1.165, 1.54) is 13.0 Å². The Balaban J connectivity index is 2.23. The Bertz CT molecular complexity index is 207. The number of nitrogens with zero attached hydrogens (tertiary/aromatic N) is 3. The fourth-order valence-corrected chi connectivity index (χ4v) is 1.99. The molecular formula is C9H20N4O. The van der Waals surface area contributed by atoms with Crippen molar-refractivity contribution in [3.8, 4) is 0 Å². The molecule has 1 aliphatic rings. The van der Waals surface area contributed by atoms with Crippen LogP contribution in [0.5, 0.6) is 0 Å². The third-order valence-electron chi connectivity index (χ3n) is 2.62. The van der Waals surface area contributed by atoms with Gasteiger partial charge in [-0.25, -0.2) is 0 Å². The summed E-state index contributed by atoms with van der Waals surface area (Å²) in [4.78, 5) is 4.43. The van der Waals surface area contributed by atoms with Crippen molar-refractivity contribution in [2.24, 2.45) is 16.8 Å². The lowest BCUT2D eigenvalue weighted by atomic mass is 10.1. The molecule has 82 valence electrons. The second kappa shape index (κ2) is 5.17. The Morgan fingerprint density at radius 2 is 2.43 bits per heavy atom. The van der Waals surface area contributed by atoms with Crippen LogP contribution in [-0.4, -0.2) is 61.1 Å². The smallest absolute Gasteiger partial charge is 0.153 e. The van der Waals surface area contributed by atoms with Gasteiger partial charge in [0.25, 0.3) is 0 Å². The van der Waals surface area contributed by atoms with Gasteiger partial charge in [0.15, 0.2) is 5.84 Å². The van der Waals surface area contributed by atoms with E-state index in [9.17, 15) is 0 Å². The molecule has 1 rings (SSSR count). The third-order valence-corrected chi connectivity index (χ3v) is 2.62. The van der Waals surface area contributed by atoms with Crippen LogP contribution in [0.15, 0.2) is 5.16 Å². The molecule has 1 unspecified atom stereocenters. The van der Waals surface area contributed by atoms with Crippen LogP contribution in [0.1, 0.15) is 6.42 Å². The molecule has 1 atom stereocenters. The maximum Gasteiger partial charge on any atom is 0.153 e. The van der Waals surface area contributed by atoms with Crippen LogP contribution in [0.25, 0.3) is 0 Å². The highest BCUT2D eigenvalue weighted by Gasteiger charge is 2.20. The first-order chi connectivity index (χ1) is 6.61. The Morgan fingerprint density at radius 1 is 1.71 bits per heavy atom. The highest BCUT2D eigenvalue weighted by atomic mass is 16.4. The molecule has 0 saturated carbocycles. The summed E-state index contributed by atoms with van der Waals surface area (Å²) < 4.78 is 0. The zero-order valence-electron chi connectivity index (χ0n) is 8.98. The number of amidine groups is 1. The maximum absolute atomic E-state index is 8.41. The van der Waals surface area contributed by atoms with Gasteiger partial charge in [-0.1, -0.05) is 5.16 Å². The third kappa shape index (κ3) is 3.51. The molecule has 1 fully saturated rings. The number of likely N-dealkylation sites (tertiary alicyclic amines) is 1. The summed E-state index contributed by atoms with van der Waals surface area (Å²) in [6, 6.07) is 0. The zero-order valence-corrected chi connectivity index (χ0v) is 8.98. The van der Waals surface area contributed by atoms with Crippen molar-refractivity contribution < 1.29 is 5.21 Å². The van der Waals surface area contributed by atoms with Gasteiger partial charge in [-0.05, 0) is 33.0 Å². The molecule has 0 bridgehead atoms. The van der Waals surface area contributed by atoms with Crippen LogP contribution in [0.4, 0.5) is 0 Å². The summed E-state index contributed by atoms with van der Waals surface area (Å²) >= 11 is 0. The van der Waals surface area contributed by atoms with Gasteiger partial charge in [0, 0.05) is 13.1 Å². The highest BCUT2D eigenvalue weighted by Crippen LogP contribution is 2.14. The summed E-state index contributed by atoms with van der Waals surface area (Å²) in [6.45, 7) is 3.89. The van der Waals surface area contributed by atoms with Crippen molar-refractivity contribution in [2.75, 3.05) is 40.3 Å². The number of rotatable bonds is 4. The largest absolute Gasteiger partial charge is 0.409 e. The molecule has 3 N–H and O–H groups in total. The quantitative estimate of drug-likeness (QED) is 0.281. The van der Waals surface area contributed by atoms with Crippen molar-refractivity contribution in [3.63, 3.8) is 0 Å². The first kappa shape index (κ1) is 11.3. The van der Waals surface area contributed by atoms with Gasteiger partial charge in [-0.3, -0.25) is 4.90 Å². The summed E-state index contributed by atoms with van der Waals surface area (Å²) in [5, 5.41) is 11.4. The van der Waals surface area contributed by atoms with Gasteiger partial charge in [-0.15, -0.1) is 0 Å². The molecule has 0 aliphatic carbocycles. The van der Waals surface area contributed by atoms with E-state index in [4.69, 9.17) is 10.9 Å². The van der Waals surface area contributed by atoms with Crippen LogP contribution in [-0.2, 0) is 0 Å². The molecule has 0 spiro atoms. The number of likely N-dealkylation sites (N-methyl/N-ethyl adjacent to an activating group) is 1. The molecule has 0 amide bonds. The Labute approximate surface area is 85.2 Å². The monoisotopic (exact) mass is 200 g/mol. The molecule has 0 radical (unpaired) electrons. The second-order valence-corrected chi connectivity index (χ2v) is 4.21. The second-order valence-electron chi connectivity index (χ2n) is 4.21.